The molecule has 0 spiro atoms. The minimum atomic E-state index is -1.05. The van der Waals surface area contributed by atoms with Gasteiger partial charge in [0.15, 0.2) is 0 Å². The molecule has 0 aliphatic carbocycles. The van der Waals surface area contributed by atoms with Crippen molar-refractivity contribution in [2.45, 2.75) is 13.0 Å². The van der Waals surface area contributed by atoms with Gasteiger partial charge in [-0.15, -0.1) is 0 Å². The summed E-state index contributed by atoms with van der Waals surface area (Å²) in [4.78, 5) is 15.8. The standard InChI is InChI=1S/C20H18FN3O4/c21-18-13(8-20(19(25)26)11-27-12-20)2-1-3-14(18)10-28-15-4-5-16(22-9-15)17-6-7-23-24-17/h1-7,9H,8,10-12H2,(H,23,24)(H,25,26). The largest absolute Gasteiger partial charge is 0.487 e. The third-order valence-electron chi connectivity index (χ3n) is 4.81. The summed E-state index contributed by atoms with van der Waals surface area (Å²) in [6, 6.07) is 10.3. The van der Waals surface area contributed by atoms with E-state index in [9.17, 15) is 14.3 Å². The predicted molar refractivity (Wildman–Crippen MR) is 97.1 cm³/mol. The van der Waals surface area contributed by atoms with E-state index in [-0.39, 0.29) is 26.2 Å². The van der Waals surface area contributed by atoms with Gasteiger partial charge in [-0.3, -0.25) is 14.9 Å². The molecule has 1 aliphatic heterocycles. The number of aromatic nitrogens is 3. The number of nitrogens with one attached hydrogen (secondary N) is 1. The molecular formula is C20H18FN3O4. The minimum Gasteiger partial charge on any atom is -0.487 e. The highest BCUT2D eigenvalue weighted by atomic mass is 19.1. The van der Waals surface area contributed by atoms with E-state index in [4.69, 9.17) is 9.47 Å². The third-order valence-corrected chi connectivity index (χ3v) is 4.81. The molecule has 3 aromatic rings. The molecule has 1 saturated heterocycles. The van der Waals surface area contributed by atoms with Crippen LogP contribution in [0.1, 0.15) is 11.1 Å². The van der Waals surface area contributed by atoms with Gasteiger partial charge in [0.05, 0.1) is 30.8 Å². The number of carbonyl (C=O) groups is 1. The van der Waals surface area contributed by atoms with Crippen LogP contribution in [0.25, 0.3) is 11.4 Å². The molecule has 7 nitrogen and oxygen atoms in total. The molecule has 0 amide bonds. The van der Waals surface area contributed by atoms with Crippen LogP contribution in [-0.4, -0.2) is 39.5 Å². The Bertz CT molecular complexity index is 970. The second kappa shape index (κ2) is 7.40. The molecule has 1 aromatic carbocycles. The van der Waals surface area contributed by atoms with E-state index < -0.39 is 17.2 Å². The van der Waals surface area contributed by atoms with Crippen LogP contribution in [0.5, 0.6) is 5.75 Å². The number of halogens is 1. The predicted octanol–water partition coefficient (Wildman–Crippen LogP) is 2.83. The summed E-state index contributed by atoms with van der Waals surface area (Å²) in [5.41, 5.74) is 1.17. The zero-order valence-corrected chi connectivity index (χ0v) is 14.9. The number of rotatable bonds is 7. The number of nitrogens with zero attached hydrogens (tertiary/aromatic N) is 2. The van der Waals surface area contributed by atoms with E-state index >= 15 is 0 Å². The lowest BCUT2D eigenvalue weighted by atomic mass is 9.79. The second-order valence-electron chi connectivity index (χ2n) is 6.78. The van der Waals surface area contributed by atoms with Crippen molar-refractivity contribution in [1.29, 1.82) is 0 Å². The number of aromatic amines is 1. The Morgan fingerprint density at radius 3 is 2.68 bits per heavy atom. The molecule has 0 atom stereocenters. The summed E-state index contributed by atoms with van der Waals surface area (Å²) >= 11 is 0. The maximum atomic E-state index is 14.8. The lowest BCUT2D eigenvalue weighted by Crippen LogP contribution is -2.50. The van der Waals surface area contributed by atoms with Gasteiger partial charge in [0, 0.05) is 11.8 Å². The van der Waals surface area contributed by atoms with Gasteiger partial charge in [-0.25, -0.2) is 4.39 Å². The Morgan fingerprint density at radius 1 is 1.25 bits per heavy atom. The Hall–Kier alpha value is -3.26. The summed E-state index contributed by atoms with van der Waals surface area (Å²) < 4.78 is 25.5. The van der Waals surface area contributed by atoms with E-state index in [2.05, 4.69) is 15.2 Å². The van der Waals surface area contributed by atoms with E-state index in [1.165, 1.54) is 0 Å². The molecule has 0 bridgehead atoms. The lowest BCUT2D eigenvalue weighted by molar-refractivity contribution is -0.179. The topological polar surface area (TPSA) is 97.3 Å². The summed E-state index contributed by atoms with van der Waals surface area (Å²) in [6.07, 6.45) is 3.28. The van der Waals surface area contributed by atoms with Gasteiger partial charge in [0.1, 0.15) is 23.6 Å². The minimum absolute atomic E-state index is 0.0152. The van der Waals surface area contributed by atoms with E-state index in [1.54, 1.807) is 48.8 Å². The van der Waals surface area contributed by atoms with E-state index in [0.29, 0.717) is 16.9 Å². The first-order valence-corrected chi connectivity index (χ1v) is 8.73. The first kappa shape index (κ1) is 18.1. The van der Waals surface area contributed by atoms with Gasteiger partial charge in [-0.05, 0) is 30.2 Å². The second-order valence-corrected chi connectivity index (χ2v) is 6.78. The third kappa shape index (κ3) is 3.46. The van der Waals surface area contributed by atoms with Crippen LogP contribution < -0.4 is 4.74 Å². The zero-order valence-electron chi connectivity index (χ0n) is 14.9. The highest BCUT2D eigenvalue weighted by Crippen LogP contribution is 2.33. The molecule has 3 heterocycles. The molecular weight excluding hydrogens is 365 g/mol. The highest BCUT2D eigenvalue weighted by molar-refractivity contribution is 5.76. The number of benzene rings is 1. The Balaban J connectivity index is 1.44. The van der Waals surface area contributed by atoms with Gasteiger partial charge in [-0.2, -0.15) is 5.10 Å². The van der Waals surface area contributed by atoms with Crippen molar-refractivity contribution in [1.82, 2.24) is 15.2 Å². The van der Waals surface area contributed by atoms with Crippen molar-refractivity contribution in [3.63, 3.8) is 0 Å². The van der Waals surface area contributed by atoms with Gasteiger partial charge in [0.25, 0.3) is 0 Å². The van der Waals surface area contributed by atoms with Crippen molar-refractivity contribution in [3.05, 3.63) is 65.7 Å². The maximum absolute atomic E-state index is 14.8. The van der Waals surface area contributed by atoms with E-state index in [0.717, 1.165) is 11.4 Å². The molecule has 28 heavy (non-hydrogen) atoms. The summed E-state index contributed by atoms with van der Waals surface area (Å²) in [5, 5.41) is 16.1. The van der Waals surface area contributed by atoms with Gasteiger partial charge in [0.2, 0.25) is 0 Å². The number of carboxylic acid groups (broad SMARTS) is 1. The van der Waals surface area contributed by atoms with Crippen LogP contribution >= 0.6 is 0 Å². The molecule has 1 fully saturated rings. The number of carboxylic acids is 1. The van der Waals surface area contributed by atoms with Gasteiger partial charge in [-0.1, -0.05) is 18.2 Å². The van der Waals surface area contributed by atoms with Crippen molar-refractivity contribution in [2.24, 2.45) is 5.41 Å². The number of aliphatic carboxylic acids is 1. The monoisotopic (exact) mass is 383 g/mol. The normalized spacial score (nSPS) is 15.0. The van der Waals surface area contributed by atoms with Crippen molar-refractivity contribution >= 4 is 5.97 Å². The summed E-state index contributed by atoms with van der Waals surface area (Å²) in [5.74, 6) is -0.914. The van der Waals surface area contributed by atoms with E-state index in [1.807, 2.05) is 0 Å². The molecule has 2 aromatic heterocycles. The molecule has 0 saturated carbocycles. The Kier molecular flexibility index (Phi) is 4.79. The maximum Gasteiger partial charge on any atom is 0.314 e. The molecule has 0 unspecified atom stereocenters. The average molecular weight is 383 g/mol. The number of hydrogen-bond acceptors (Lipinski definition) is 5. The SMILES string of the molecule is O=C(O)C1(Cc2cccc(COc3ccc(-c4ccn[nH]4)nc3)c2F)COC1. The van der Waals surface area contributed by atoms with Crippen LogP contribution in [0.2, 0.25) is 0 Å². The molecule has 4 rings (SSSR count). The molecule has 0 radical (unpaired) electrons. The quantitative estimate of drug-likeness (QED) is 0.651. The molecule has 2 N–H and O–H groups in total. The average Bonchev–Trinajstić information content (AvgIpc) is 3.20. The fourth-order valence-electron chi connectivity index (χ4n) is 3.08. The lowest BCUT2D eigenvalue weighted by Gasteiger charge is -2.37. The first-order chi connectivity index (χ1) is 13.6. The fraction of sp³-hybridized carbons (Fsp3) is 0.250. The zero-order chi connectivity index (χ0) is 19.6. The van der Waals surface area contributed by atoms with Crippen molar-refractivity contribution in [2.75, 3.05) is 13.2 Å². The summed E-state index contributed by atoms with van der Waals surface area (Å²) in [7, 11) is 0. The number of hydrogen-bond donors (Lipinski definition) is 2. The number of H-pyrrole nitrogens is 1. The molecule has 8 heteroatoms. The summed E-state index contributed by atoms with van der Waals surface area (Å²) in [6.45, 7) is 0.203. The number of pyridine rings is 1. The Morgan fingerprint density at radius 2 is 2.07 bits per heavy atom. The van der Waals surface area contributed by atoms with Crippen LogP contribution in [0.4, 0.5) is 4.39 Å². The van der Waals surface area contributed by atoms with Crippen LogP contribution in [0.15, 0.2) is 48.8 Å². The van der Waals surface area contributed by atoms with Crippen LogP contribution in [-0.2, 0) is 22.6 Å². The number of ether oxygens (including phenoxy) is 2. The smallest absolute Gasteiger partial charge is 0.314 e. The van der Waals surface area contributed by atoms with Crippen molar-refractivity contribution < 1.29 is 23.8 Å². The highest BCUT2D eigenvalue weighted by Gasteiger charge is 2.46. The molecule has 1 aliphatic rings. The van der Waals surface area contributed by atoms with Gasteiger partial charge >= 0.3 is 5.97 Å². The Labute approximate surface area is 160 Å². The van der Waals surface area contributed by atoms with Crippen molar-refractivity contribution in [3.8, 4) is 17.1 Å². The molecule has 144 valence electrons. The van der Waals surface area contributed by atoms with Crippen LogP contribution in [0.3, 0.4) is 0 Å². The van der Waals surface area contributed by atoms with Crippen LogP contribution in [0, 0.1) is 11.2 Å². The van der Waals surface area contributed by atoms with Gasteiger partial charge < -0.3 is 14.6 Å². The fourth-order valence-corrected chi connectivity index (χ4v) is 3.08. The first-order valence-electron chi connectivity index (χ1n) is 8.73.